The van der Waals surface area contributed by atoms with Crippen molar-refractivity contribution < 1.29 is 23.8 Å². The van der Waals surface area contributed by atoms with E-state index in [9.17, 15) is 14.7 Å². The number of rotatable bonds is 4. The molecule has 4 rings (SSSR count). The molecule has 1 amide bonds. The molecule has 2 aliphatic rings. The van der Waals surface area contributed by atoms with Crippen LogP contribution in [0.25, 0.3) is 5.76 Å². The summed E-state index contributed by atoms with van der Waals surface area (Å²) in [4.78, 5) is 27.3. The summed E-state index contributed by atoms with van der Waals surface area (Å²) in [6, 6.07) is 9.46. The summed E-state index contributed by atoms with van der Waals surface area (Å²) in [6.07, 6.45) is 5.27. The number of ether oxygens (including phenoxy) is 1. The van der Waals surface area contributed by atoms with Gasteiger partial charge in [0.2, 0.25) is 0 Å². The number of hydrogen-bond acceptors (Lipinski definition) is 5. The van der Waals surface area contributed by atoms with Gasteiger partial charge in [-0.25, -0.2) is 0 Å². The van der Waals surface area contributed by atoms with Crippen LogP contribution < -0.4 is 4.74 Å². The highest BCUT2D eigenvalue weighted by molar-refractivity contribution is 6.46. The van der Waals surface area contributed by atoms with E-state index in [0.717, 1.165) is 25.7 Å². The van der Waals surface area contributed by atoms with Gasteiger partial charge in [0.1, 0.15) is 23.3 Å². The van der Waals surface area contributed by atoms with Gasteiger partial charge in [0.15, 0.2) is 0 Å². The van der Waals surface area contributed by atoms with Crippen LogP contribution in [0.5, 0.6) is 5.75 Å². The molecule has 2 fully saturated rings. The lowest BCUT2D eigenvalue weighted by molar-refractivity contribution is -0.141. The van der Waals surface area contributed by atoms with Gasteiger partial charge in [0.25, 0.3) is 11.7 Å². The number of methoxy groups -OCH3 is 1. The number of likely N-dealkylation sites (tertiary alicyclic amines) is 1. The monoisotopic (exact) mass is 367 g/mol. The molecular formula is C21H21NO5. The van der Waals surface area contributed by atoms with E-state index >= 15 is 0 Å². The Kier molecular flexibility index (Phi) is 4.48. The highest BCUT2D eigenvalue weighted by Crippen LogP contribution is 2.43. The first-order valence-electron chi connectivity index (χ1n) is 9.09. The minimum absolute atomic E-state index is 0.0160. The summed E-state index contributed by atoms with van der Waals surface area (Å²) in [7, 11) is 1.55. The third kappa shape index (κ3) is 2.91. The topological polar surface area (TPSA) is 80.0 Å². The highest BCUT2D eigenvalue weighted by atomic mass is 16.5. The molecule has 0 radical (unpaired) electrons. The van der Waals surface area contributed by atoms with Crippen LogP contribution in [0.4, 0.5) is 0 Å². The Labute approximate surface area is 157 Å². The maximum absolute atomic E-state index is 12.8. The second kappa shape index (κ2) is 6.95. The minimum atomic E-state index is -0.704. The normalized spacial score (nSPS) is 22.6. The molecule has 1 saturated heterocycles. The van der Waals surface area contributed by atoms with Crippen LogP contribution in [-0.2, 0) is 9.59 Å². The molecule has 2 heterocycles. The second-order valence-corrected chi connectivity index (χ2v) is 6.89. The number of Topliss-reactive ketones (excluding diaryl/α,β-unsaturated/α-hetero) is 1. The molecule has 1 aromatic heterocycles. The van der Waals surface area contributed by atoms with Crippen molar-refractivity contribution in [2.24, 2.45) is 0 Å². The van der Waals surface area contributed by atoms with Crippen LogP contribution in [0.2, 0.25) is 0 Å². The molecular weight excluding hydrogens is 346 g/mol. The van der Waals surface area contributed by atoms with Gasteiger partial charge in [0, 0.05) is 11.6 Å². The van der Waals surface area contributed by atoms with Crippen molar-refractivity contribution in [1.82, 2.24) is 4.90 Å². The average molecular weight is 367 g/mol. The summed E-state index contributed by atoms with van der Waals surface area (Å²) in [6.45, 7) is 0. The van der Waals surface area contributed by atoms with Gasteiger partial charge in [-0.2, -0.15) is 0 Å². The zero-order valence-corrected chi connectivity index (χ0v) is 15.1. The lowest BCUT2D eigenvalue weighted by Crippen LogP contribution is -2.37. The number of benzene rings is 1. The summed E-state index contributed by atoms with van der Waals surface area (Å²) in [5.74, 6) is -0.315. The number of nitrogens with zero attached hydrogens (tertiary/aromatic N) is 1. The quantitative estimate of drug-likeness (QED) is 0.507. The Morgan fingerprint density at radius 1 is 1.15 bits per heavy atom. The predicted molar refractivity (Wildman–Crippen MR) is 98.1 cm³/mol. The minimum Gasteiger partial charge on any atom is -0.507 e. The molecule has 1 atom stereocenters. The molecule has 2 aromatic rings. The first-order chi connectivity index (χ1) is 13.1. The molecule has 140 valence electrons. The maximum atomic E-state index is 12.8. The smallest absolute Gasteiger partial charge is 0.296 e. The Morgan fingerprint density at radius 2 is 1.85 bits per heavy atom. The van der Waals surface area contributed by atoms with E-state index in [1.807, 2.05) is 0 Å². The fraction of sp³-hybridized carbons (Fsp3) is 0.333. The molecule has 1 aliphatic heterocycles. The van der Waals surface area contributed by atoms with Gasteiger partial charge >= 0.3 is 0 Å². The van der Waals surface area contributed by atoms with Crippen molar-refractivity contribution in [3.05, 3.63) is 59.6 Å². The van der Waals surface area contributed by atoms with Crippen LogP contribution in [0.3, 0.4) is 0 Å². The van der Waals surface area contributed by atoms with Gasteiger partial charge in [-0.3, -0.25) is 9.59 Å². The highest BCUT2D eigenvalue weighted by Gasteiger charge is 2.50. The zero-order valence-electron chi connectivity index (χ0n) is 15.1. The maximum Gasteiger partial charge on any atom is 0.296 e. The average Bonchev–Trinajstić information content (AvgIpc) is 3.43. The van der Waals surface area contributed by atoms with Gasteiger partial charge in [0.05, 0.1) is 18.9 Å². The van der Waals surface area contributed by atoms with Crippen molar-refractivity contribution in [1.29, 1.82) is 0 Å². The van der Waals surface area contributed by atoms with Crippen LogP contribution >= 0.6 is 0 Å². The Balaban J connectivity index is 1.83. The number of furan rings is 1. The molecule has 0 bridgehead atoms. The van der Waals surface area contributed by atoms with E-state index in [1.54, 1.807) is 48.4 Å². The van der Waals surface area contributed by atoms with Crippen molar-refractivity contribution in [2.75, 3.05) is 7.11 Å². The molecule has 1 aromatic carbocycles. The van der Waals surface area contributed by atoms with Crippen LogP contribution in [-0.4, -0.2) is 34.8 Å². The lowest BCUT2D eigenvalue weighted by atomic mass is 9.98. The number of aliphatic hydroxyl groups is 1. The first kappa shape index (κ1) is 17.4. The molecule has 6 nitrogen and oxygen atoms in total. The molecule has 6 heteroatoms. The molecule has 1 saturated carbocycles. The number of amides is 1. The Bertz CT molecular complexity index is 876. The number of ketones is 1. The third-order valence-electron chi connectivity index (χ3n) is 5.37. The van der Waals surface area contributed by atoms with E-state index in [-0.39, 0.29) is 17.4 Å². The SMILES string of the molecule is COc1ccc(/C(O)=C2/C(=O)C(=O)N(C3CCCC3)C2c2ccco2)cc1. The summed E-state index contributed by atoms with van der Waals surface area (Å²) < 4.78 is 10.7. The molecule has 27 heavy (non-hydrogen) atoms. The van der Waals surface area contributed by atoms with E-state index in [1.165, 1.54) is 6.26 Å². The molecule has 1 unspecified atom stereocenters. The summed E-state index contributed by atoms with van der Waals surface area (Å²) in [5.41, 5.74) is 0.531. The summed E-state index contributed by atoms with van der Waals surface area (Å²) >= 11 is 0. The van der Waals surface area contributed by atoms with Gasteiger partial charge < -0.3 is 19.2 Å². The van der Waals surface area contributed by atoms with Crippen LogP contribution in [0.15, 0.2) is 52.7 Å². The Hall–Kier alpha value is -3.02. The Morgan fingerprint density at radius 3 is 2.44 bits per heavy atom. The van der Waals surface area contributed by atoms with Gasteiger partial charge in [-0.15, -0.1) is 0 Å². The summed E-state index contributed by atoms with van der Waals surface area (Å²) in [5, 5.41) is 10.9. The van der Waals surface area contributed by atoms with Gasteiger partial charge in [-0.1, -0.05) is 12.8 Å². The van der Waals surface area contributed by atoms with Crippen molar-refractivity contribution >= 4 is 17.4 Å². The standard InChI is InChI=1S/C21H21NO5/c1-26-15-10-8-13(9-11-15)19(23)17-18(16-7-4-12-27-16)22(21(25)20(17)24)14-5-2-3-6-14/h4,7-12,14,18,23H,2-3,5-6H2,1H3/b19-17-. The van der Waals surface area contributed by atoms with Crippen LogP contribution in [0.1, 0.15) is 43.0 Å². The number of carbonyl (C=O) groups is 2. The predicted octanol–water partition coefficient (Wildman–Crippen LogP) is 3.65. The van der Waals surface area contributed by atoms with E-state index in [0.29, 0.717) is 17.1 Å². The lowest BCUT2D eigenvalue weighted by Gasteiger charge is -2.29. The van der Waals surface area contributed by atoms with Crippen molar-refractivity contribution in [3.63, 3.8) is 0 Å². The van der Waals surface area contributed by atoms with Crippen molar-refractivity contribution in [2.45, 2.75) is 37.8 Å². The first-order valence-corrected chi connectivity index (χ1v) is 9.09. The number of aliphatic hydroxyl groups excluding tert-OH is 1. The largest absolute Gasteiger partial charge is 0.507 e. The zero-order chi connectivity index (χ0) is 19.0. The van der Waals surface area contributed by atoms with E-state index in [4.69, 9.17) is 9.15 Å². The third-order valence-corrected chi connectivity index (χ3v) is 5.37. The molecule has 1 N–H and O–H groups in total. The molecule has 1 aliphatic carbocycles. The number of hydrogen-bond donors (Lipinski definition) is 1. The van der Waals surface area contributed by atoms with Crippen LogP contribution in [0, 0.1) is 0 Å². The van der Waals surface area contributed by atoms with Gasteiger partial charge in [-0.05, 0) is 49.2 Å². The van der Waals surface area contributed by atoms with E-state index in [2.05, 4.69) is 0 Å². The molecule has 0 spiro atoms. The fourth-order valence-electron chi connectivity index (χ4n) is 4.04. The van der Waals surface area contributed by atoms with Crippen molar-refractivity contribution in [3.8, 4) is 5.75 Å². The second-order valence-electron chi connectivity index (χ2n) is 6.89. The number of carbonyl (C=O) groups excluding carboxylic acids is 2. The van der Waals surface area contributed by atoms with E-state index < -0.39 is 17.7 Å². The fourth-order valence-corrected chi connectivity index (χ4v) is 4.04.